The van der Waals surface area contributed by atoms with Gasteiger partial charge >= 0.3 is 0 Å². The van der Waals surface area contributed by atoms with Crippen LogP contribution in [0.3, 0.4) is 0 Å². The zero-order valence-electron chi connectivity index (χ0n) is 13.1. The van der Waals surface area contributed by atoms with Gasteiger partial charge in [-0.05, 0) is 37.7 Å². The summed E-state index contributed by atoms with van der Waals surface area (Å²) < 4.78 is 0. The van der Waals surface area contributed by atoms with Crippen molar-refractivity contribution in [2.75, 3.05) is 13.1 Å². The molecule has 0 bridgehead atoms. The SMILES string of the molecule is Cc1c[nH]cc1C(=O)N1CCCC(CC(C)(C)C(N)=O)C1. The molecule has 2 heterocycles. The van der Waals surface area contributed by atoms with Crippen LogP contribution in [0.15, 0.2) is 12.4 Å². The van der Waals surface area contributed by atoms with E-state index in [-0.39, 0.29) is 11.8 Å². The largest absolute Gasteiger partial charge is 0.369 e. The Balaban J connectivity index is 2.03. The summed E-state index contributed by atoms with van der Waals surface area (Å²) in [6, 6.07) is 0. The minimum atomic E-state index is -0.513. The fourth-order valence-electron chi connectivity index (χ4n) is 3.08. The molecule has 1 aromatic heterocycles. The molecule has 3 N–H and O–H groups in total. The van der Waals surface area contributed by atoms with Crippen LogP contribution in [0, 0.1) is 18.3 Å². The standard InChI is InChI=1S/C16H25N3O2/c1-11-8-18-9-13(11)14(20)19-6-4-5-12(10-19)7-16(2,3)15(17)21/h8-9,12,18H,4-7,10H2,1-3H3,(H2,17,21). The number of carbonyl (C=O) groups is 2. The van der Waals surface area contributed by atoms with Gasteiger partial charge in [-0.25, -0.2) is 0 Å². The number of hydrogen-bond donors (Lipinski definition) is 2. The van der Waals surface area contributed by atoms with Crippen molar-refractivity contribution in [3.05, 3.63) is 23.5 Å². The first-order valence-electron chi connectivity index (χ1n) is 7.54. The molecule has 2 amide bonds. The summed E-state index contributed by atoms with van der Waals surface area (Å²) in [6.07, 6.45) is 6.36. The van der Waals surface area contributed by atoms with Crippen LogP contribution in [-0.2, 0) is 4.79 Å². The Morgan fingerprint density at radius 3 is 2.71 bits per heavy atom. The third-order valence-electron chi connectivity index (χ3n) is 4.45. The summed E-state index contributed by atoms with van der Waals surface area (Å²) >= 11 is 0. The molecule has 1 aliphatic heterocycles. The first kappa shape index (κ1) is 15.6. The minimum absolute atomic E-state index is 0.0790. The van der Waals surface area contributed by atoms with Gasteiger partial charge in [0.05, 0.1) is 5.56 Å². The second kappa shape index (κ2) is 5.92. The van der Waals surface area contributed by atoms with Crippen LogP contribution >= 0.6 is 0 Å². The number of H-pyrrole nitrogens is 1. The number of likely N-dealkylation sites (tertiary alicyclic amines) is 1. The number of nitrogens with one attached hydrogen (secondary N) is 1. The molecule has 0 aromatic carbocycles. The van der Waals surface area contributed by atoms with Gasteiger partial charge in [0.25, 0.3) is 5.91 Å². The Labute approximate surface area is 125 Å². The zero-order chi connectivity index (χ0) is 15.6. The lowest BCUT2D eigenvalue weighted by molar-refractivity contribution is -0.127. The molecule has 2 rings (SSSR count). The third kappa shape index (κ3) is 3.46. The average Bonchev–Trinajstić information content (AvgIpc) is 2.83. The normalized spacial score (nSPS) is 19.6. The average molecular weight is 291 g/mol. The van der Waals surface area contributed by atoms with Gasteiger partial charge < -0.3 is 15.6 Å². The number of amides is 2. The summed E-state index contributed by atoms with van der Waals surface area (Å²) in [5, 5.41) is 0. The van der Waals surface area contributed by atoms with E-state index in [4.69, 9.17) is 5.73 Å². The topological polar surface area (TPSA) is 79.2 Å². The monoisotopic (exact) mass is 291 g/mol. The van der Waals surface area contributed by atoms with Crippen molar-refractivity contribution >= 4 is 11.8 Å². The molecule has 1 unspecified atom stereocenters. The van der Waals surface area contributed by atoms with Crippen LogP contribution in [0.25, 0.3) is 0 Å². The van der Waals surface area contributed by atoms with Crippen LogP contribution in [-0.4, -0.2) is 34.8 Å². The van der Waals surface area contributed by atoms with E-state index in [9.17, 15) is 9.59 Å². The first-order chi connectivity index (χ1) is 9.81. The molecule has 5 nitrogen and oxygen atoms in total. The molecule has 0 spiro atoms. The lowest BCUT2D eigenvalue weighted by atomic mass is 9.79. The summed E-state index contributed by atoms with van der Waals surface area (Å²) in [5.41, 5.74) is 6.65. The van der Waals surface area contributed by atoms with Crippen LogP contribution < -0.4 is 5.73 Å². The molecule has 116 valence electrons. The van der Waals surface area contributed by atoms with Gasteiger partial charge in [-0.1, -0.05) is 13.8 Å². The second-order valence-corrected chi connectivity index (χ2v) is 6.76. The maximum Gasteiger partial charge on any atom is 0.255 e. The van der Waals surface area contributed by atoms with E-state index >= 15 is 0 Å². The van der Waals surface area contributed by atoms with Gasteiger partial charge in [0.2, 0.25) is 5.91 Å². The maximum absolute atomic E-state index is 12.5. The van der Waals surface area contributed by atoms with Crippen molar-refractivity contribution in [3.63, 3.8) is 0 Å². The predicted molar refractivity (Wildman–Crippen MR) is 81.7 cm³/mol. The molecule has 1 saturated heterocycles. The number of aryl methyl sites for hydroxylation is 1. The van der Waals surface area contributed by atoms with Gasteiger partial charge in [0.15, 0.2) is 0 Å². The number of primary amides is 1. The van der Waals surface area contributed by atoms with Crippen molar-refractivity contribution in [2.45, 2.75) is 40.0 Å². The van der Waals surface area contributed by atoms with Crippen LogP contribution in [0.5, 0.6) is 0 Å². The maximum atomic E-state index is 12.5. The highest BCUT2D eigenvalue weighted by Gasteiger charge is 2.32. The van der Waals surface area contributed by atoms with Crippen molar-refractivity contribution in [2.24, 2.45) is 17.1 Å². The lowest BCUT2D eigenvalue weighted by Gasteiger charge is -2.36. The fraction of sp³-hybridized carbons (Fsp3) is 0.625. The molecule has 0 saturated carbocycles. The molecular weight excluding hydrogens is 266 g/mol. The summed E-state index contributed by atoms with van der Waals surface area (Å²) in [5.74, 6) is 0.146. The zero-order valence-corrected chi connectivity index (χ0v) is 13.1. The number of carbonyl (C=O) groups excluding carboxylic acids is 2. The molecule has 21 heavy (non-hydrogen) atoms. The van der Waals surface area contributed by atoms with Crippen molar-refractivity contribution in [1.29, 1.82) is 0 Å². The molecule has 0 aliphatic carbocycles. The number of rotatable bonds is 4. The number of nitrogens with zero attached hydrogens (tertiary/aromatic N) is 1. The van der Waals surface area contributed by atoms with E-state index < -0.39 is 5.41 Å². The second-order valence-electron chi connectivity index (χ2n) is 6.76. The van der Waals surface area contributed by atoms with E-state index in [2.05, 4.69) is 4.98 Å². The molecular formula is C16H25N3O2. The quantitative estimate of drug-likeness (QED) is 0.890. The lowest BCUT2D eigenvalue weighted by Crippen LogP contribution is -2.43. The highest BCUT2D eigenvalue weighted by molar-refractivity contribution is 5.95. The molecule has 0 radical (unpaired) electrons. The highest BCUT2D eigenvalue weighted by Crippen LogP contribution is 2.31. The molecule has 1 atom stereocenters. The van der Waals surface area contributed by atoms with Crippen molar-refractivity contribution in [3.8, 4) is 0 Å². The van der Waals surface area contributed by atoms with Gasteiger partial charge in [0, 0.05) is 30.9 Å². The summed E-state index contributed by atoms with van der Waals surface area (Å²) in [7, 11) is 0. The van der Waals surface area contributed by atoms with Gasteiger partial charge in [0.1, 0.15) is 0 Å². The number of aromatic nitrogens is 1. The molecule has 1 aromatic rings. The smallest absolute Gasteiger partial charge is 0.255 e. The van der Waals surface area contributed by atoms with Crippen LogP contribution in [0.1, 0.15) is 49.0 Å². The minimum Gasteiger partial charge on any atom is -0.369 e. The van der Waals surface area contributed by atoms with Crippen molar-refractivity contribution in [1.82, 2.24) is 9.88 Å². The number of piperidine rings is 1. The Kier molecular flexibility index (Phi) is 4.40. The fourth-order valence-corrected chi connectivity index (χ4v) is 3.08. The van der Waals surface area contributed by atoms with E-state index in [0.717, 1.165) is 36.9 Å². The first-order valence-corrected chi connectivity index (χ1v) is 7.54. The summed E-state index contributed by atoms with van der Waals surface area (Å²) in [6.45, 7) is 7.19. The summed E-state index contributed by atoms with van der Waals surface area (Å²) in [4.78, 5) is 28.9. The highest BCUT2D eigenvalue weighted by atomic mass is 16.2. The number of hydrogen-bond acceptors (Lipinski definition) is 2. The third-order valence-corrected chi connectivity index (χ3v) is 4.45. The van der Waals surface area contributed by atoms with E-state index in [0.29, 0.717) is 12.5 Å². The van der Waals surface area contributed by atoms with Gasteiger partial charge in [-0.3, -0.25) is 9.59 Å². The van der Waals surface area contributed by atoms with E-state index in [1.165, 1.54) is 0 Å². The van der Waals surface area contributed by atoms with E-state index in [1.807, 2.05) is 31.9 Å². The van der Waals surface area contributed by atoms with E-state index in [1.54, 1.807) is 6.20 Å². The number of nitrogens with two attached hydrogens (primary N) is 1. The van der Waals surface area contributed by atoms with Crippen LogP contribution in [0.4, 0.5) is 0 Å². The molecule has 1 fully saturated rings. The Hall–Kier alpha value is -1.78. The molecule has 5 heteroatoms. The van der Waals surface area contributed by atoms with Gasteiger partial charge in [-0.2, -0.15) is 0 Å². The number of aromatic amines is 1. The Bertz CT molecular complexity index is 533. The van der Waals surface area contributed by atoms with Crippen LogP contribution in [0.2, 0.25) is 0 Å². The predicted octanol–water partition coefficient (Wildman–Crippen LogP) is 2.08. The molecule has 1 aliphatic rings. The Morgan fingerprint density at radius 1 is 1.43 bits per heavy atom. The Morgan fingerprint density at radius 2 is 2.14 bits per heavy atom. The van der Waals surface area contributed by atoms with Crippen molar-refractivity contribution < 1.29 is 9.59 Å². The van der Waals surface area contributed by atoms with Gasteiger partial charge in [-0.15, -0.1) is 0 Å².